The Morgan fingerprint density at radius 3 is 1.19 bits per heavy atom. The Labute approximate surface area is 249 Å². The molecule has 3 aromatic carbocycles. The normalized spacial score (nSPS) is 11.7. The summed E-state index contributed by atoms with van der Waals surface area (Å²) in [5, 5.41) is 13.2. The summed E-state index contributed by atoms with van der Waals surface area (Å²) in [5.74, 6) is -0.675. The number of hydrogen-bond donors (Lipinski definition) is 0. The lowest BCUT2D eigenvalue weighted by Crippen LogP contribution is -2.32. The van der Waals surface area contributed by atoms with E-state index in [1.807, 2.05) is 34.3 Å². The van der Waals surface area contributed by atoms with Gasteiger partial charge in [-0.15, -0.1) is 0 Å². The highest BCUT2D eigenvalue weighted by Gasteiger charge is 2.22. The van der Waals surface area contributed by atoms with Crippen molar-refractivity contribution >= 4 is 24.4 Å². The van der Waals surface area contributed by atoms with E-state index in [0.29, 0.717) is 22.6 Å². The number of hydrogen-bond acceptors (Lipinski definition) is 8. The molecule has 0 bridgehead atoms. The molecule has 0 saturated heterocycles. The molecule has 0 amide bonds. The van der Waals surface area contributed by atoms with Gasteiger partial charge in [0, 0.05) is 35.3 Å². The van der Waals surface area contributed by atoms with Crippen LogP contribution in [0.5, 0.6) is 11.5 Å². The Balaban J connectivity index is 1.84. The maximum atomic E-state index is 13.4. The first-order valence-electron chi connectivity index (χ1n) is 14.4. The topological polar surface area (TPSA) is 83.8 Å². The average molecular weight is 571 g/mol. The first-order valence-corrected chi connectivity index (χ1v) is 14.4. The molecular weight excluding hydrogens is 528 g/mol. The van der Waals surface area contributed by atoms with Gasteiger partial charge in [-0.05, 0) is 91.8 Å². The minimum atomic E-state index is -0.674. The van der Waals surface area contributed by atoms with Crippen LogP contribution in [-0.4, -0.2) is 58.6 Å². The zero-order valence-electron chi connectivity index (χ0n) is 25.8. The molecule has 0 aliphatic carbocycles. The van der Waals surface area contributed by atoms with Gasteiger partial charge >= 0.3 is 11.9 Å². The Morgan fingerprint density at radius 2 is 0.857 bits per heavy atom. The van der Waals surface area contributed by atoms with Crippen LogP contribution in [-0.2, 0) is 0 Å². The molecule has 8 nitrogen and oxygen atoms in total. The maximum Gasteiger partial charge on any atom is 0.344 e. The molecule has 0 aliphatic rings. The first-order chi connectivity index (χ1) is 20.0. The molecule has 42 heavy (non-hydrogen) atoms. The minimum absolute atomic E-state index is 0.0946. The van der Waals surface area contributed by atoms with Crippen molar-refractivity contribution in [2.75, 3.05) is 0 Å². The molecule has 0 fully saturated rings. The molecule has 0 heterocycles. The fourth-order valence-corrected chi connectivity index (χ4v) is 4.49. The zero-order chi connectivity index (χ0) is 30.8. The van der Waals surface area contributed by atoms with Gasteiger partial charge in [0.2, 0.25) is 0 Å². The van der Waals surface area contributed by atoms with Crippen LogP contribution in [0.4, 0.5) is 0 Å². The van der Waals surface area contributed by atoms with E-state index >= 15 is 0 Å². The second-order valence-corrected chi connectivity index (χ2v) is 11.0. The molecule has 0 spiro atoms. The van der Waals surface area contributed by atoms with Gasteiger partial charge in [0.25, 0.3) is 0 Å². The molecule has 0 aromatic heterocycles. The molecule has 0 aliphatic heterocycles. The highest BCUT2D eigenvalue weighted by Crippen LogP contribution is 2.23. The summed E-state index contributed by atoms with van der Waals surface area (Å²) in [6.07, 6.45) is 3.36. The number of carbonyl (C=O) groups excluding carboxylic acids is 2. The molecule has 0 saturated carbocycles. The Hall–Kier alpha value is -4.46. The van der Waals surface area contributed by atoms with Gasteiger partial charge in [0.15, 0.2) is 0 Å². The van der Waals surface area contributed by atoms with Gasteiger partial charge in [0.1, 0.15) is 11.5 Å². The van der Waals surface area contributed by atoms with Crippen LogP contribution in [0.3, 0.4) is 0 Å². The summed E-state index contributed by atoms with van der Waals surface area (Å²) in [7, 11) is 0. The van der Waals surface area contributed by atoms with Crippen LogP contribution in [0.2, 0.25) is 0 Å². The second-order valence-electron chi connectivity index (χ2n) is 11.0. The molecule has 0 unspecified atom stereocenters. The van der Waals surface area contributed by atoms with E-state index in [9.17, 15) is 9.59 Å². The largest absolute Gasteiger partial charge is 0.422 e. The van der Waals surface area contributed by atoms with Crippen LogP contribution in [0.1, 0.15) is 87.2 Å². The molecule has 3 aromatic rings. The number of hydrazone groups is 2. The van der Waals surface area contributed by atoms with Gasteiger partial charge in [-0.2, -0.15) is 10.2 Å². The van der Waals surface area contributed by atoms with Gasteiger partial charge < -0.3 is 9.47 Å². The van der Waals surface area contributed by atoms with Crippen LogP contribution in [0, 0.1) is 0 Å². The van der Waals surface area contributed by atoms with E-state index in [1.54, 1.807) is 61.0 Å². The summed E-state index contributed by atoms with van der Waals surface area (Å²) in [6, 6.07) is 21.6. The lowest BCUT2D eigenvalue weighted by Gasteiger charge is -2.27. The van der Waals surface area contributed by atoms with E-state index in [1.165, 1.54) is 0 Å². The summed E-state index contributed by atoms with van der Waals surface area (Å²) >= 11 is 0. The Morgan fingerprint density at radius 1 is 0.548 bits per heavy atom. The fraction of sp³-hybridized carbons (Fsp3) is 0.353. The molecule has 0 radical (unpaired) electrons. The number of benzene rings is 3. The lowest BCUT2D eigenvalue weighted by atomic mass is 10.1. The van der Waals surface area contributed by atoms with E-state index in [-0.39, 0.29) is 35.3 Å². The van der Waals surface area contributed by atoms with Crippen molar-refractivity contribution in [3.05, 3.63) is 95.1 Å². The van der Waals surface area contributed by atoms with Crippen molar-refractivity contribution in [2.45, 2.75) is 79.6 Å². The third-order valence-corrected chi connectivity index (χ3v) is 6.39. The van der Waals surface area contributed by atoms with E-state index in [4.69, 9.17) is 9.47 Å². The van der Waals surface area contributed by atoms with Gasteiger partial charge in [-0.25, -0.2) is 9.59 Å². The molecule has 0 N–H and O–H groups in total. The zero-order valence-corrected chi connectivity index (χ0v) is 25.8. The fourth-order valence-electron chi connectivity index (χ4n) is 4.49. The van der Waals surface area contributed by atoms with Crippen molar-refractivity contribution in [2.24, 2.45) is 10.2 Å². The number of ether oxygens (including phenoxy) is 2. The van der Waals surface area contributed by atoms with Crippen LogP contribution < -0.4 is 9.47 Å². The number of para-hydroxylation sites is 2. The molecule has 0 atom stereocenters. The third kappa shape index (κ3) is 8.52. The second kappa shape index (κ2) is 15.0. The van der Waals surface area contributed by atoms with E-state index < -0.39 is 11.9 Å². The summed E-state index contributed by atoms with van der Waals surface area (Å²) in [6.45, 7) is 16.5. The summed E-state index contributed by atoms with van der Waals surface area (Å²) in [4.78, 5) is 26.7. The van der Waals surface area contributed by atoms with Crippen molar-refractivity contribution < 1.29 is 19.1 Å². The van der Waals surface area contributed by atoms with Gasteiger partial charge in [-0.1, -0.05) is 36.4 Å². The van der Waals surface area contributed by atoms with Crippen LogP contribution in [0.15, 0.2) is 83.0 Å². The molecular formula is C34H42N4O4. The van der Waals surface area contributed by atoms with Crippen molar-refractivity contribution in [1.82, 2.24) is 10.0 Å². The summed E-state index contributed by atoms with van der Waals surface area (Å²) < 4.78 is 11.6. The van der Waals surface area contributed by atoms with Crippen LogP contribution >= 0.6 is 0 Å². The van der Waals surface area contributed by atoms with Crippen LogP contribution in [0.25, 0.3) is 0 Å². The predicted octanol–water partition coefficient (Wildman–Crippen LogP) is 7.03. The van der Waals surface area contributed by atoms with Gasteiger partial charge in [-0.3, -0.25) is 10.0 Å². The first kappa shape index (κ1) is 32.1. The molecule has 3 rings (SSSR count). The maximum absolute atomic E-state index is 13.4. The van der Waals surface area contributed by atoms with Gasteiger partial charge in [0.05, 0.1) is 23.6 Å². The standard InChI is InChI=1S/C34H42N4O4/c1-23(2)37(24(3)4)35-21-27-15-9-13-19-31(27)41-33(39)29-17-11-12-18-30(29)34(40)42-32-20-14-10-16-28(32)22-36-38(25(5)6)26(7)8/h9-26H,1-8H3. The highest BCUT2D eigenvalue weighted by molar-refractivity contribution is 6.05. The number of carbonyl (C=O) groups is 2. The predicted molar refractivity (Wildman–Crippen MR) is 169 cm³/mol. The number of nitrogens with zero attached hydrogens (tertiary/aromatic N) is 4. The quantitative estimate of drug-likeness (QED) is 0.101. The minimum Gasteiger partial charge on any atom is -0.422 e. The van der Waals surface area contributed by atoms with Crippen molar-refractivity contribution in [3.8, 4) is 11.5 Å². The highest BCUT2D eigenvalue weighted by atomic mass is 16.5. The monoisotopic (exact) mass is 570 g/mol. The Kier molecular flexibility index (Phi) is 11.4. The average Bonchev–Trinajstić information content (AvgIpc) is 2.94. The SMILES string of the molecule is CC(C)N(N=Cc1ccccc1OC(=O)c1ccccc1C(=O)Oc1ccccc1C=NN(C(C)C)C(C)C)C(C)C. The smallest absolute Gasteiger partial charge is 0.344 e. The van der Waals surface area contributed by atoms with E-state index in [2.05, 4.69) is 65.6 Å². The molecule has 222 valence electrons. The Bertz CT molecular complexity index is 1290. The van der Waals surface area contributed by atoms with E-state index in [0.717, 1.165) is 0 Å². The van der Waals surface area contributed by atoms with Crippen molar-refractivity contribution in [1.29, 1.82) is 0 Å². The molecule has 8 heteroatoms. The lowest BCUT2D eigenvalue weighted by molar-refractivity contribution is 0.0691. The number of esters is 2. The van der Waals surface area contributed by atoms with Crippen molar-refractivity contribution in [3.63, 3.8) is 0 Å². The number of rotatable bonds is 12. The third-order valence-electron chi connectivity index (χ3n) is 6.39. The summed E-state index contributed by atoms with van der Waals surface area (Å²) in [5.41, 5.74) is 1.47.